The molecule has 6 nitrogen and oxygen atoms in total. The summed E-state index contributed by atoms with van der Waals surface area (Å²) in [5, 5.41) is 3.86. The van der Waals surface area contributed by atoms with E-state index in [0.717, 1.165) is 25.1 Å². The van der Waals surface area contributed by atoms with E-state index < -0.39 is 5.60 Å². The van der Waals surface area contributed by atoms with Crippen LogP contribution in [0.1, 0.15) is 52.9 Å². The zero-order valence-corrected chi connectivity index (χ0v) is 16.1. The third-order valence-electron chi connectivity index (χ3n) is 6.39. The van der Waals surface area contributed by atoms with Crippen molar-refractivity contribution in [3.63, 3.8) is 0 Å². The lowest BCUT2D eigenvalue weighted by Gasteiger charge is -2.47. The molecule has 6 heteroatoms. The minimum atomic E-state index is -0.437. The molecule has 0 radical (unpaired) electrons. The van der Waals surface area contributed by atoms with E-state index in [9.17, 15) is 4.79 Å². The highest BCUT2D eigenvalue weighted by molar-refractivity contribution is 5.69. The van der Waals surface area contributed by atoms with Crippen LogP contribution >= 0.6 is 0 Å². The molecule has 0 aromatic rings. The Morgan fingerprint density at radius 1 is 1.16 bits per heavy atom. The summed E-state index contributed by atoms with van der Waals surface area (Å²) in [7, 11) is 2.28. The first-order chi connectivity index (χ1) is 11.7. The Bertz CT molecular complexity index is 512. The van der Waals surface area contributed by atoms with Gasteiger partial charge in [0.05, 0.1) is 19.7 Å². The number of piperidine rings is 1. The molecule has 1 spiro atoms. The molecule has 0 aliphatic carbocycles. The number of hydrogen-bond acceptors (Lipinski definition) is 5. The fraction of sp³-hybridized carbons (Fsp3) is 0.947. The maximum Gasteiger partial charge on any atom is 0.410 e. The van der Waals surface area contributed by atoms with Crippen molar-refractivity contribution in [2.45, 2.75) is 88.2 Å². The first-order valence-corrected chi connectivity index (χ1v) is 9.83. The van der Waals surface area contributed by atoms with Crippen molar-refractivity contribution in [1.29, 1.82) is 0 Å². The fourth-order valence-electron chi connectivity index (χ4n) is 5.16. The van der Waals surface area contributed by atoms with E-state index in [2.05, 4.69) is 17.3 Å². The molecule has 0 aromatic heterocycles. The van der Waals surface area contributed by atoms with E-state index in [1.807, 2.05) is 20.8 Å². The average molecular weight is 351 g/mol. The lowest BCUT2D eigenvalue weighted by atomic mass is 9.89. The van der Waals surface area contributed by atoms with Gasteiger partial charge >= 0.3 is 6.09 Å². The predicted octanol–water partition coefficient (Wildman–Crippen LogP) is 1.98. The standard InChI is InChI=1S/C19H33N3O3/c1-18(2,3)25-17(23)22-11-19(12-22)9-14(10-24-19)20-13-7-15-5-6-16(8-13)21(15)4/h13-16,20H,5-12H2,1-4H3. The van der Waals surface area contributed by atoms with Crippen LogP contribution in [0.4, 0.5) is 4.79 Å². The Kier molecular flexibility index (Phi) is 4.28. The van der Waals surface area contributed by atoms with Gasteiger partial charge in [-0.05, 0) is 59.9 Å². The zero-order valence-electron chi connectivity index (χ0n) is 16.1. The molecule has 2 bridgehead atoms. The van der Waals surface area contributed by atoms with E-state index in [1.54, 1.807) is 4.90 Å². The predicted molar refractivity (Wildman–Crippen MR) is 95.6 cm³/mol. The van der Waals surface area contributed by atoms with E-state index in [-0.39, 0.29) is 11.7 Å². The first-order valence-electron chi connectivity index (χ1n) is 9.83. The molecule has 1 amide bonds. The lowest BCUT2D eigenvalue weighted by molar-refractivity contribution is -0.109. The number of nitrogens with zero attached hydrogens (tertiary/aromatic N) is 2. The molecule has 0 saturated carbocycles. The van der Waals surface area contributed by atoms with E-state index in [4.69, 9.17) is 9.47 Å². The summed E-state index contributed by atoms with van der Waals surface area (Å²) in [6, 6.07) is 2.57. The van der Waals surface area contributed by atoms with E-state index in [1.165, 1.54) is 25.7 Å². The molecule has 4 saturated heterocycles. The number of ether oxygens (including phenoxy) is 2. The number of carbonyl (C=O) groups excluding carboxylic acids is 1. The zero-order chi connectivity index (χ0) is 17.8. The maximum atomic E-state index is 12.1. The molecule has 4 aliphatic rings. The minimum Gasteiger partial charge on any atom is -0.444 e. The van der Waals surface area contributed by atoms with Crippen molar-refractivity contribution in [1.82, 2.24) is 15.1 Å². The third kappa shape index (κ3) is 3.53. The highest BCUT2D eigenvalue weighted by atomic mass is 16.6. The monoisotopic (exact) mass is 351 g/mol. The van der Waals surface area contributed by atoms with Crippen LogP contribution in [0.5, 0.6) is 0 Å². The summed E-state index contributed by atoms with van der Waals surface area (Å²) in [6.45, 7) is 7.81. The van der Waals surface area contributed by atoms with Gasteiger partial charge in [0.25, 0.3) is 0 Å². The quantitative estimate of drug-likeness (QED) is 0.824. The Morgan fingerprint density at radius 2 is 1.80 bits per heavy atom. The van der Waals surface area contributed by atoms with Crippen molar-refractivity contribution >= 4 is 6.09 Å². The number of hydrogen-bond donors (Lipinski definition) is 1. The Balaban J connectivity index is 1.24. The van der Waals surface area contributed by atoms with Crippen molar-refractivity contribution in [2.75, 3.05) is 26.7 Å². The van der Waals surface area contributed by atoms with Crippen molar-refractivity contribution in [3.8, 4) is 0 Å². The summed E-state index contributed by atoms with van der Waals surface area (Å²) in [5.74, 6) is 0. The summed E-state index contributed by atoms with van der Waals surface area (Å²) in [5.41, 5.74) is -0.576. The number of likely N-dealkylation sites (tertiary alicyclic amines) is 1. The second-order valence-corrected chi connectivity index (χ2v) is 9.62. The van der Waals surface area contributed by atoms with Crippen LogP contribution in [0.15, 0.2) is 0 Å². The second-order valence-electron chi connectivity index (χ2n) is 9.62. The summed E-state index contributed by atoms with van der Waals surface area (Å²) in [4.78, 5) is 16.5. The van der Waals surface area contributed by atoms with Crippen molar-refractivity contribution in [3.05, 3.63) is 0 Å². The molecular weight excluding hydrogens is 318 g/mol. The van der Waals surface area contributed by atoms with Gasteiger partial charge in [-0.3, -0.25) is 0 Å². The van der Waals surface area contributed by atoms with Gasteiger partial charge in [-0.25, -0.2) is 4.79 Å². The van der Waals surface area contributed by atoms with Gasteiger partial charge < -0.3 is 24.6 Å². The van der Waals surface area contributed by atoms with Crippen LogP contribution in [0.25, 0.3) is 0 Å². The van der Waals surface area contributed by atoms with Gasteiger partial charge in [0.15, 0.2) is 0 Å². The van der Waals surface area contributed by atoms with E-state index in [0.29, 0.717) is 25.2 Å². The van der Waals surface area contributed by atoms with E-state index >= 15 is 0 Å². The fourth-order valence-corrected chi connectivity index (χ4v) is 5.16. The molecule has 25 heavy (non-hydrogen) atoms. The molecule has 1 N–H and O–H groups in total. The molecule has 3 unspecified atom stereocenters. The number of fused-ring (bicyclic) bond motifs is 2. The molecular formula is C19H33N3O3. The third-order valence-corrected chi connectivity index (χ3v) is 6.39. The van der Waals surface area contributed by atoms with Gasteiger partial charge in [-0.15, -0.1) is 0 Å². The number of nitrogens with one attached hydrogen (secondary N) is 1. The second kappa shape index (κ2) is 6.10. The van der Waals surface area contributed by atoms with Crippen LogP contribution in [-0.2, 0) is 9.47 Å². The largest absolute Gasteiger partial charge is 0.444 e. The minimum absolute atomic E-state index is 0.140. The molecule has 4 fully saturated rings. The van der Waals surface area contributed by atoms with Crippen LogP contribution in [0, 0.1) is 0 Å². The molecule has 4 rings (SSSR count). The van der Waals surface area contributed by atoms with Crippen LogP contribution in [-0.4, -0.2) is 78.0 Å². The smallest absolute Gasteiger partial charge is 0.410 e. The Labute approximate surface area is 151 Å². The Morgan fingerprint density at radius 3 is 2.40 bits per heavy atom. The maximum absolute atomic E-state index is 12.1. The topological polar surface area (TPSA) is 54.0 Å². The highest BCUT2D eigenvalue weighted by Crippen LogP contribution is 2.38. The normalized spacial score (nSPS) is 37.4. The molecule has 142 valence electrons. The molecule has 4 aliphatic heterocycles. The Hall–Kier alpha value is -0.850. The molecule has 3 atom stereocenters. The average Bonchev–Trinajstić information content (AvgIpc) is 2.94. The summed E-state index contributed by atoms with van der Waals surface area (Å²) in [6.07, 6.45) is 6.03. The van der Waals surface area contributed by atoms with Gasteiger partial charge in [0, 0.05) is 24.2 Å². The number of carbonyl (C=O) groups is 1. The summed E-state index contributed by atoms with van der Waals surface area (Å²) < 4.78 is 11.6. The number of amides is 1. The molecule has 4 heterocycles. The lowest BCUT2D eigenvalue weighted by Crippen LogP contribution is -2.64. The molecule has 0 aromatic carbocycles. The van der Waals surface area contributed by atoms with Crippen LogP contribution in [0.2, 0.25) is 0 Å². The van der Waals surface area contributed by atoms with Gasteiger partial charge in [-0.1, -0.05) is 0 Å². The first kappa shape index (κ1) is 17.6. The van der Waals surface area contributed by atoms with Gasteiger partial charge in [-0.2, -0.15) is 0 Å². The van der Waals surface area contributed by atoms with Crippen molar-refractivity contribution in [2.24, 2.45) is 0 Å². The van der Waals surface area contributed by atoms with Crippen LogP contribution < -0.4 is 5.32 Å². The SMILES string of the molecule is CN1C2CCC1CC(NC1COC3(C1)CN(C(=O)OC(C)(C)C)C3)C2. The van der Waals surface area contributed by atoms with Gasteiger partial charge in [0.2, 0.25) is 0 Å². The van der Waals surface area contributed by atoms with Crippen molar-refractivity contribution < 1.29 is 14.3 Å². The summed E-state index contributed by atoms with van der Waals surface area (Å²) >= 11 is 0. The van der Waals surface area contributed by atoms with Gasteiger partial charge in [0.1, 0.15) is 11.2 Å². The van der Waals surface area contributed by atoms with Crippen LogP contribution in [0.3, 0.4) is 0 Å². The number of rotatable bonds is 2. The highest BCUT2D eigenvalue weighted by Gasteiger charge is 2.52.